The van der Waals surface area contributed by atoms with Gasteiger partial charge in [-0.25, -0.2) is 8.42 Å². The molecule has 0 unspecified atom stereocenters. The van der Waals surface area contributed by atoms with E-state index in [1.54, 1.807) is 18.2 Å². The molecule has 8 heteroatoms. The number of ether oxygens (including phenoxy) is 1. The van der Waals surface area contributed by atoms with Crippen molar-refractivity contribution in [1.29, 1.82) is 0 Å². The van der Waals surface area contributed by atoms with Crippen LogP contribution in [0.2, 0.25) is 0 Å². The quantitative estimate of drug-likeness (QED) is 0.829. The van der Waals surface area contributed by atoms with Crippen molar-refractivity contribution < 1.29 is 17.7 Å². The van der Waals surface area contributed by atoms with E-state index in [0.717, 1.165) is 6.26 Å². The molecule has 0 bridgehead atoms. The normalized spacial score (nSPS) is 11.5. The second-order valence-corrected chi connectivity index (χ2v) is 6.18. The predicted octanol–water partition coefficient (Wildman–Crippen LogP) is 0.872. The van der Waals surface area contributed by atoms with Gasteiger partial charge in [0.1, 0.15) is 11.5 Å². The Bertz CT molecular complexity index is 694. The molecule has 0 fully saturated rings. The Morgan fingerprint density at radius 2 is 2.16 bits per heavy atom. The summed E-state index contributed by atoms with van der Waals surface area (Å²) in [5, 5.41) is 3.61. The molecule has 2 aromatic rings. The van der Waals surface area contributed by atoms with Gasteiger partial charge in [0, 0.05) is 11.9 Å². The summed E-state index contributed by atoms with van der Waals surface area (Å²) in [5.74, 6) is 0.572. The summed E-state index contributed by atoms with van der Waals surface area (Å²) in [6, 6.07) is 4.99. The minimum absolute atomic E-state index is 0.0970. The molecule has 0 atom stereocenters. The van der Waals surface area contributed by atoms with Crippen LogP contribution in [0, 0.1) is 0 Å². The summed E-state index contributed by atoms with van der Waals surface area (Å²) >= 11 is 0. The van der Waals surface area contributed by atoms with Crippen molar-refractivity contribution in [3.05, 3.63) is 24.0 Å². The molecular weight excluding hydrogens is 270 g/mol. The van der Waals surface area contributed by atoms with Crippen LogP contribution in [0.1, 0.15) is 5.82 Å². The number of nitrogen functional groups attached to an aromatic ring is 1. The number of rotatable bonds is 4. The standard InChI is InChI=1S/C11H13N3O4S/c1-17-7-3-4-9(12)8(5-7)11-13-10(14-18-11)6-19(2,15)16/h3-5H,6,12H2,1-2H3. The highest BCUT2D eigenvalue weighted by molar-refractivity contribution is 7.89. The summed E-state index contributed by atoms with van der Waals surface area (Å²) in [6.45, 7) is 0. The monoisotopic (exact) mass is 283 g/mol. The van der Waals surface area contributed by atoms with Crippen LogP contribution < -0.4 is 10.5 Å². The molecule has 1 aromatic carbocycles. The van der Waals surface area contributed by atoms with Gasteiger partial charge in [-0.05, 0) is 18.2 Å². The molecule has 0 saturated carbocycles. The van der Waals surface area contributed by atoms with Gasteiger partial charge in [0.05, 0.1) is 12.7 Å². The Balaban J connectivity index is 2.37. The first-order valence-corrected chi connectivity index (χ1v) is 7.39. The van der Waals surface area contributed by atoms with Crippen molar-refractivity contribution in [3.8, 4) is 17.2 Å². The molecule has 1 heterocycles. The highest BCUT2D eigenvalue weighted by Gasteiger charge is 2.15. The fraction of sp³-hybridized carbons (Fsp3) is 0.273. The lowest BCUT2D eigenvalue weighted by Gasteiger charge is -2.03. The molecular formula is C11H13N3O4S. The van der Waals surface area contributed by atoms with Gasteiger partial charge >= 0.3 is 0 Å². The van der Waals surface area contributed by atoms with Gasteiger partial charge in [-0.1, -0.05) is 5.16 Å². The third kappa shape index (κ3) is 3.22. The van der Waals surface area contributed by atoms with Gasteiger partial charge in [0.25, 0.3) is 5.89 Å². The van der Waals surface area contributed by atoms with Gasteiger partial charge < -0.3 is 15.0 Å². The Morgan fingerprint density at radius 3 is 2.79 bits per heavy atom. The van der Waals surface area contributed by atoms with Crippen molar-refractivity contribution in [2.75, 3.05) is 19.1 Å². The smallest absolute Gasteiger partial charge is 0.260 e. The molecule has 0 spiro atoms. The van der Waals surface area contributed by atoms with Crippen molar-refractivity contribution in [2.45, 2.75) is 5.75 Å². The molecule has 0 aliphatic carbocycles. The summed E-state index contributed by atoms with van der Waals surface area (Å²) < 4.78 is 32.4. The number of anilines is 1. The highest BCUT2D eigenvalue weighted by Crippen LogP contribution is 2.28. The summed E-state index contributed by atoms with van der Waals surface area (Å²) in [5.41, 5.74) is 6.76. The van der Waals surface area contributed by atoms with Crippen LogP contribution in [-0.2, 0) is 15.6 Å². The first kappa shape index (κ1) is 13.3. The molecule has 0 amide bonds. The second-order valence-electron chi connectivity index (χ2n) is 4.04. The van der Waals surface area contributed by atoms with E-state index < -0.39 is 9.84 Å². The Kier molecular flexibility index (Phi) is 3.43. The van der Waals surface area contributed by atoms with Gasteiger partial charge in [-0.2, -0.15) is 4.98 Å². The largest absolute Gasteiger partial charge is 0.497 e. The number of methoxy groups -OCH3 is 1. The van der Waals surface area contributed by atoms with E-state index >= 15 is 0 Å². The molecule has 19 heavy (non-hydrogen) atoms. The predicted molar refractivity (Wildman–Crippen MR) is 69.2 cm³/mol. The minimum atomic E-state index is -3.21. The van der Waals surface area contributed by atoms with E-state index in [1.165, 1.54) is 7.11 Å². The maximum atomic E-state index is 11.1. The first-order chi connectivity index (χ1) is 8.89. The highest BCUT2D eigenvalue weighted by atomic mass is 32.2. The fourth-order valence-corrected chi connectivity index (χ4v) is 2.09. The third-order valence-electron chi connectivity index (χ3n) is 2.35. The molecule has 0 aliphatic heterocycles. The van der Waals surface area contributed by atoms with E-state index in [1.807, 2.05) is 0 Å². The topological polar surface area (TPSA) is 108 Å². The second kappa shape index (κ2) is 4.88. The zero-order chi connectivity index (χ0) is 14.0. The van der Waals surface area contributed by atoms with E-state index in [-0.39, 0.29) is 17.5 Å². The lowest BCUT2D eigenvalue weighted by molar-refractivity contribution is 0.412. The van der Waals surface area contributed by atoms with E-state index in [2.05, 4.69) is 10.1 Å². The van der Waals surface area contributed by atoms with Gasteiger partial charge in [-0.15, -0.1) is 0 Å². The van der Waals surface area contributed by atoms with Crippen molar-refractivity contribution in [2.24, 2.45) is 0 Å². The molecule has 7 nitrogen and oxygen atoms in total. The number of benzene rings is 1. The number of hydrogen-bond donors (Lipinski definition) is 1. The Morgan fingerprint density at radius 1 is 1.42 bits per heavy atom. The molecule has 2 rings (SSSR count). The average molecular weight is 283 g/mol. The molecule has 1 aromatic heterocycles. The van der Waals surface area contributed by atoms with Crippen LogP contribution in [0.15, 0.2) is 22.7 Å². The first-order valence-electron chi connectivity index (χ1n) is 5.33. The number of aromatic nitrogens is 2. The molecule has 0 saturated heterocycles. The van der Waals surface area contributed by atoms with E-state index in [0.29, 0.717) is 17.0 Å². The third-order valence-corrected chi connectivity index (χ3v) is 3.13. The molecule has 0 aliphatic rings. The summed E-state index contributed by atoms with van der Waals surface area (Å²) in [7, 11) is -1.68. The molecule has 0 radical (unpaired) electrons. The minimum Gasteiger partial charge on any atom is -0.497 e. The van der Waals surface area contributed by atoms with Crippen molar-refractivity contribution >= 4 is 15.5 Å². The van der Waals surface area contributed by atoms with Crippen LogP contribution in [0.5, 0.6) is 5.75 Å². The average Bonchev–Trinajstić information content (AvgIpc) is 2.75. The van der Waals surface area contributed by atoms with Crippen LogP contribution in [-0.4, -0.2) is 31.9 Å². The maximum Gasteiger partial charge on any atom is 0.260 e. The zero-order valence-electron chi connectivity index (χ0n) is 10.5. The van der Waals surface area contributed by atoms with Crippen LogP contribution >= 0.6 is 0 Å². The van der Waals surface area contributed by atoms with Crippen LogP contribution in [0.3, 0.4) is 0 Å². The maximum absolute atomic E-state index is 11.1. The lowest BCUT2D eigenvalue weighted by Crippen LogP contribution is -2.02. The molecule has 2 N–H and O–H groups in total. The number of sulfone groups is 1. The van der Waals surface area contributed by atoms with Crippen LogP contribution in [0.4, 0.5) is 5.69 Å². The van der Waals surface area contributed by atoms with Crippen molar-refractivity contribution in [1.82, 2.24) is 10.1 Å². The summed E-state index contributed by atoms with van der Waals surface area (Å²) in [4.78, 5) is 4.01. The van der Waals surface area contributed by atoms with E-state index in [9.17, 15) is 8.42 Å². The summed E-state index contributed by atoms with van der Waals surface area (Å²) in [6.07, 6.45) is 1.10. The Labute approximate surface area is 110 Å². The van der Waals surface area contributed by atoms with Gasteiger partial charge in [-0.3, -0.25) is 0 Å². The zero-order valence-corrected chi connectivity index (χ0v) is 11.3. The fourth-order valence-electron chi connectivity index (χ4n) is 1.50. The Hall–Kier alpha value is -2.09. The van der Waals surface area contributed by atoms with Crippen molar-refractivity contribution in [3.63, 3.8) is 0 Å². The molecule has 102 valence electrons. The van der Waals surface area contributed by atoms with Gasteiger partial charge in [0.2, 0.25) is 0 Å². The number of nitrogens with two attached hydrogens (primary N) is 1. The lowest BCUT2D eigenvalue weighted by atomic mass is 10.1. The SMILES string of the molecule is COc1ccc(N)c(-c2nc(CS(C)(=O)=O)no2)c1. The number of hydrogen-bond acceptors (Lipinski definition) is 7. The van der Waals surface area contributed by atoms with Crippen LogP contribution in [0.25, 0.3) is 11.5 Å². The van der Waals surface area contributed by atoms with E-state index in [4.69, 9.17) is 15.0 Å². The number of nitrogens with zero attached hydrogens (tertiary/aromatic N) is 2. The van der Waals surface area contributed by atoms with Gasteiger partial charge in [0.15, 0.2) is 15.7 Å².